The summed E-state index contributed by atoms with van der Waals surface area (Å²) in [6, 6.07) is 0. The molecule has 1 nitrogen and oxygen atoms in total. The predicted octanol–water partition coefficient (Wildman–Crippen LogP) is 2.85. The summed E-state index contributed by atoms with van der Waals surface area (Å²) in [5.74, 6) is -4.80. The highest BCUT2D eigenvalue weighted by atomic mass is 19.4. The predicted molar refractivity (Wildman–Crippen MR) is 32.4 cm³/mol. The monoisotopic (exact) mass is 228 g/mol. The molecule has 0 fully saturated rings. The van der Waals surface area contributed by atoms with Gasteiger partial charge in [-0.05, 0) is 0 Å². The summed E-state index contributed by atoms with van der Waals surface area (Å²) in [6.07, 6.45) is -14.1. The van der Waals surface area contributed by atoms with E-state index in [-0.39, 0.29) is 0 Å². The van der Waals surface area contributed by atoms with Gasteiger partial charge in [0.05, 0.1) is 6.42 Å². The van der Waals surface area contributed by atoms with Gasteiger partial charge in [-0.15, -0.1) is 0 Å². The zero-order valence-electron chi connectivity index (χ0n) is 6.92. The largest absolute Gasteiger partial charge is 0.391 e. The Kier molecular flexibility index (Phi) is 4.16. The number of halogens is 7. The standard InChI is InChI=1S/C6H7F7O/c1-14-3(2-5(9,10)11)6(12,13)4(7)8/h3-4H,2H2,1H3. The van der Waals surface area contributed by atoms with Gasteiger partial charge in [0, 0.05) is 7.11 Å². The minimum absolute atomic E-state index is 0.521. The van der Waals surface area contributed by atoms with Gasteiger partial charge in [0.2, 0.25) is 0 Å². The van der Waals surface area contributed by atoms with Crippen LogP contribution in [0.5, 0.6) is 0 Å². The van der Waals surface area contributed by atoms with Crippen molar-refractivity contribution in [1.29, 1.82) is 0 Å². The Labute approximate surface area is 74.8 Å². The highest BCUT2D eigenvalue weighted by Gasteiger charge is 2.53. The van der Waals surface area contributed by atoms with Crippen LogP contribution in [0.2, 0.25) is 0 Å². The molecule has 0 aliphatic rings. The van der Waals surface area contributed by atoms with Crippen molar-refractivity contribution in [2.45, 2.75) is 31.0 Å². The molecule has 0 spiro atoms. The third-order valence-electron chi connectivity index (χ3n) is 1.42. The first-order valence-corrected chi connectivity index (χ1v) is 3.36. The average molecular weight is 228 g/mol. The lowest BCUT2D eigenvalue weighted by Crippen LogP contribution is -2.44. The molecule has 0 aromatic rings. The van der Waals surface area contributed by atoms with E-state index in [2.05, 4.69) is 4.74 Å². The quantitative estimate of drug-likeness (QED) is 0.672. The van der Waals surface area contributed by atoms with Crippen molar-refractivity contribution in [3.8, 4) is 0 Å². The second kappa shape index (κ2) is 4.33. The third-order valence-corrected chi connectivity index (χ3v) is 1.42. The molecule has 0 saturated carbocycles. The Morgan fingerprint density at radius 3 is 1.71 bits per heavy atom. The number of methoxy groups -OCH3 is 1. The summed E-state index contributed by atoms with van der Waals surface area (Å²) in [7, 11) is 0.521. The van der Waals surface area contributed by atoms with E-state index in [9.17, 15) is 30.7 Å². The number of rotatable bonds is 4. The summed E-state index contributed by atoms with van der Waals surface area (Å²) in [5, 5.41) is 0. The molecule has 0 aliphatic heterocycles. The summed E-state index contributed by atoms with van der Waals surface area (Å²) < 4.78 is 86.6. The summed E-state index contributed by atoms with van der Waals surface area (Å²) in [6.45, 7) is 0. The number of hydrogen-bond donors (Lipinski definition) is 0. The van der Waals surface area contributed by atoms with E-state index in [0.717, 1.165) is 0 Å². The Morgan fingerprint density at radius 1 is 1.07 bits per heavy atom. The Balaban J connectivity index is 4.56. The molecule has 0 aromatic carbocycles. The molecule has 0 rings (SSSR count). The van der Waals surface area contributed by atoms with Gasteiger partial charge < -0.3 is 4.74 Å². The van der Waals surface area contributed by atoms with Crippen LogP contribution in [0.4, 0.5) is 30.7 Å². The molecule has 0 radical (unpaired) electrons. The summed E-state index contributed by atoms with van der Waals surface area (Å²) in [4.78, 5) is 0. The molecule has 1 atom stereocenters. The van der Waals surface area contributed by atoms with Gasteiger partial charge in [0.25, 0.3) is 0 Å². The van der Waals surface area contributed by atoms with Crippen molar-refractivity contribution in [3.05, 3.63) is 0 Å². The van der Waals surface area contributed by atoms with Crippen LogP contribution in [0.3, 0.4) is 0 Å². The number of alkyl halides is 7. The third kappa shape index (κ3) is 3.69. The zero-order valence-corrected chi connectivity index (χ0v) is 6.92. The van der Waals surface area contributed by atoms with E-state index < -0.39 is 31.0 Å². The Bertz CT molecular complexity index is 176. The molecule has 86 valence electrons. The maximum Gasteiger partial charge on any atom is 0.391 e. The van der Waals surface area contributed by atoms with E-state index in [0.29, 0.717) is 7.11 Å². The summed E-state index contributed by atoms with van der Waals surface area (Å²) in [5.41, 5.74) is 0. The fourth-order valence-electron chi connectivity index (χ4n) is 0.727. The van der Waals surface area contributed by atoms with Crippen LogP contribution in [0.1, 0.15) is 6.42 Å². The molecule has 0 bridgehead atoms. The second-order valence-electron chi connectivity index (χ2n) is 2.52. The van der Waals surface area contributed by atoms with Crippen molar-refractivity contribution in [1.82, 2.24) is 0 Å². The van der Waals surface area contributed by atoms with Gasteiger partial charge in [-0.25, -0.2) is 8.78 Å². The molecular weight excluding hydrogens is 221 g/mol. The van der Waals surface area contributed by atoms with E-state index in [4.69, 9.17) is 0 Å². The highest BCUT2D eigenvalue weighted by molar-refractivity contribution is 4.82. The van der Waals surface area contributed by atoms with E-state index in [1.54, 1.807) is 0 Å². The smallest absolute Gasteiger partial charge is 0.375 e. The Morgan fingerprint density at radius 2 is 1.50 bits per heavy atom. The van der Waals surface area contributed by atoms with Gasteiger partial charge in [-0.3, -0.25) is 0 Å². The van der Waals surface area contributed by atoms with Crippen molar-refractivity contribution < 1.29 is 35.5 Å². The molecule has 1 unspecified atom stereocenters. The van der Waals surface area contributed by atoms with Crippen LogP contribution in [0, 0.1) is 0 Å². The fourth-order valence-corrected chi connectivity index (χ4v) is 0.727. The van der Waals surface area contributed by atoms with Crippen LogP contribution in [0.15, 0.2) is 0 Å². The van der Waals surface area contributed by atoms with Crippen LogP contribution < -0.4 is 0 Å². The maximum atomic E-state index is 12.4. The van der Waals surface area contributed by atoms with Gasteiger partial charge in [-0.2, -0.15) is 22.0 Å². The lowest BCUT2D eigenvalue weighted by atomic mass is 10.1. The average Bonchev–Trinajstić information content (AvgIpc) is 1.97. The van der Waals surface area contributed by atoms with E-state index >= 15 is 0 Å². The number of ether oxygens (including phenoxy) is 1. The first-order chi connectivity index (χ1) is 6.11. The van der Waals surface area contributed by atoms with Crippen molar-refractivity contribution in [3.63, 3.8) is 0 Å². The van der Waals surface area contributed by atoms with Crippen molar-refractivity contribution in [2.24, 2.45) is 0 Å². The SMILES string of the molecule is COC(CC(F)(F)F)C(F)(F)C(F)F. The molecule has 8 heteroatoms. The molecule has 0 amide bonds. The van der Waals surface area contributed by atoms with Crippen LogP contribution in [-0.4, -0.2) is 31.7 Å². The van der Waals surface area contributed by atoms with Crippen LogP contribution in [-0.2, 0) is 4.74 Å². The second-order valence-corrected chi connectivity index (χ2v) is 2.52. The first kappa shape index (κ1) is 13.5. The molecule has 0 aliphatic carbocycles. The molecular formula is C6H7F7O. The topological polar surface area (TPSA) is 9.23 Å². The highest BCUT2D eigenvalue weighted by Crippen LogP contribution is 2.35. The van der Waals surface area contributed by atoms with Crippen LogP contribution in [0.25, 0.3) is 0 Å². The maximum absolute atomic E-state index is 12.4. The molecule has 0 saturated heterocycles. The minimum atomic E-state index is -4.97. The molecule has 14 heavy (non-hydrogen) atoms. The van der Waals surface area contributed by atoms with Gasteiger partial charge in [0.1, 0.15) is 6.10 Å². The van der Waals surface area contributed by atoms with Crippen LogP contribution >= 0.6 is 0 Å². The van der Waals surface area contributed by atoms with E-state index in [1.165, 1.54) is 0 Å². The number of hydrogen-bond acceptors (Lipinski definition) is 1. The van der Waals surface area contributed by atoms with Crippen molar-refractivity contribution >= 4 is 0 Å². The lowest BCUT2D eigenvalue weighted by molar-refractivity contribution is -0.237. The molecule has 0 N–H and O–H groups in total. The van der Waals surface area contributed by atoms with Gasteiger partial charge in [0.15, 0.2) is 0 Å². The Hall–Kier alpha value is -0.530. The van der Waals surface area contributed by atoms with Gasteiger partial charge >= 0.3 is 18.5 Å². The van der Waals surface area contributed by atoms with Gasteiger partial charge in [-0.1, -0.05) is 0 Å². The van der Waals surface area contributed by atoms with E-state index in [1.807, 2.05) is 0 Å². The molecule has 0 heterocycles. The van der Waals surface area contributed by atoms with Crippen molar-refractivity contribution in [2.75, 3.05) is 7.11 Å². The minimum Gasteiger partial charge on any atom is -0.375 e. The summed E-state index contributed by atoms with van der Waals surface area (Å²) >= 11 is 0. The molecule has 0 aromatic heterocycles. The fraction of sp³-hybridized carbons (Fsp3) is 1.00. The first-order valence-electron chi connectivity index (χ1n) is 3.36. The normalized spacial score (nSPS) is 16.1. The lowest BCUT2D eigenvalue weighted by Gasteiger charge is -2.25. The zero-order chi connectivity index (χ0) is 11.6.